The number of aryl methyl sites for hydroxylation is 1. The van der Waals surface area contributed by atoms with Crippen molar-refractivity contribution in [1.82, 2.24) is 19.7 Å². The topological polar surface area (TPSA) is 40.5 Å². The zero-order valence-electron chi connectivity index (χ0n) is 19.2. The number of hydrogen-bond acceptors (Lipinski definition) is 2. The molecule has 1 N–H and O–H groups in total. The molecule has 0 radical (unpaired) electrons. The Morgan fingerprint density at radius 2 is 1.90 bits per heavy atom. The molecule has 4 rings (SSSR count). The number of nitrogens with zero attached hydrogens (tertiary/aromatic N) is 3. The number of aromatic nitrogens is 1. The summed E-state index contributed by atoms with van der Waals surface area (Å²) in [6, 6.07) is 7.70. The Bertz CT molecular complexity index is 885. The van der Waals surface area contributed by atoms with Crippen molar-refractivity contribution in [2.24, 2.45) is 0 Å². The van der Waals surface area contributed by atoms with E-state index in [1.165, 1.54) is 22.0 Å². The van der Waals surface area contributed by atoms with Gasteiger partial charge in [-0.25, -0.2) is 4.79 Å². The molecule has 1 aliphatic carbocycles. The minimum absolute atomic E-state index is 0.0868. The molecule has 2 amide bonds. The zero-order chi connectivity index (χ0) is 21.3. The van der Waals surface area contributed by atoms with Crippen LogP contribution in [0, 0.1) is 0 Å². The van der Waals surface area contributed by atoms with Crippen molar-refractivity contribution in [2.75, 3.05) is 26.2 Å². The van der Waals surface area contributed by atoms with Gasteiger partial charge in [0.1, 0.15) is 0 Å². The summed E-state index contributed by atoms with van der Waals surface area (Å²) in [4.78, 5) is 17.3. The van der Waals surface area contributed by atoms with Crippen LogP contribution in [0.25, 0.3) is 10.9 Å². The van der Waals surface area contributed by atoms with Gasteiger partial charge in [0.25, 0.3) is 0 Å². The molecule has 1 unspecified atom stereocenters. The second kappa shape index (κ2) is 9.01. The Kier molecular flexibility index (Phi) is 6.37. The number of carbonyl (C=O) groups excluding carboxylic acids is 1. The summed E-state index contributed by atoms with van der Waals surface area (Å²) in [6.07, 6.45) is 6.88. The summed E-state index contributed by atoms with van der Waals surface area (Å²) in [6.45, 7) is 13.3. The first-order valence-corrected chi connectivity index (χ1v) is 12.0. The molecule has 0 spiro atoms. The van der Waals surface area contributed by atoms with Gasteiger partial charge in [0.15, 0.2) is 0 Å². The molecule has 30 heavy (non-hydrogen) atoms. The quantitative estimate of drug-likeness (QED) is 0.725. The number of carbonyl (C=O) groups is 1. The smallest absolute Gasteiger partial charge is 0.317 e. The van der Waals surface area contributed by atoms with E-state index in [2.05, 4.69) is 53.0 Å². The van der Waals surface area contributed by atoms with Crippen molar-refractivity contribution in [2.45, 2.75) is 77.9 Å². The molecular weight excluding hydrogens is 372 g/mol. The molecule has 2 aromatic rings. The second-order valence-electron chi connectivity index (χ2n) is 9.02. The highest BCUT2D eigenvalue weighted by Crippen LogP contribution is 2.44. The minimum atomic E-state index is 0.0868. The minimum Gasteiger partial charge on any atom is -0.347 e. The fourth-order valence-electron chi connectivity index (χ4n) is 5.83. The van der Waals surface area contributed by atoms with Gasteiger partial charge in [-0.1, -0.05) is 26.0 Å². The lowest BCUT2D eigenvalue weighted by Crippen LogP contribution is -2.57. The SMILES string of the molecule is CCCN1C[C@@H](NC(=O)N(CC)CC)CC2c3cccc4c3c(cn4CCC)C[C@H]21. The van der Waals surface area contributed by atoms with E-state index in [4.69, 9.17) is 0 Å². The van der Waals surface area contributed by atoms with Gasteiger partial charge < -0.3 is 14.8 Å². The first kappa shape index (κ1) is 21.2. The summed E-state index contributed by atoms with van der Waals surface area (Å²) in [5.41, 5.74) is 4.40. The molecule has 1 fully saturated rings. The van der Waals surface area contributed by atoms with E-state index >= 15 is 0 Å². The molecule has 1 aliphatic heterocycles. The van der Waals surface area contributed by atoms with Crippen molar-refractivity contribution >= 4 is 16.9 Å². The van der Waals surface area contributed by atoms with Crippen LogP contribution >= 0.6 is 0 Å². The van der Waals surface area contributed by atoms with E-state index in [1.807, 2.05) is 18.7 Å². The first-order chi connectivity index (χ1) is 14.6. The van der Waals surface area contributed by atoms with E-state index in [9.17, 15) is 4.79 Å². The van der Waals surface area contributed by atoms with Crippen LogP contribution in [0.5, 0.6) is 0 Å². The highest BCUT2D eigenvalue weighted by atomic mass is 16.2. The van der Waals surface area contributed by atoms with Gasteiger partial charge in [-0.3, -0.25) is 4.90 Å². The second-order valence-corrected chi connectivity index (χ2v) is 9.02. The number of fused-ring (bicyclic) bond motifs is 2. The highest BCUT2D eigenvalue weighted by molar-refractivity contribution is 5.89. The van der Waals surface area contributed by atoms with Gasteiger partial charge in [-0.05, 0) is 63.3 Å². The predicted octanol–water partition coefficient (Wildman–Crippen LogP) is 4.60. The average Bonchev–Trinajstić information content (AvgIpc) is 3.09. The maximum Gasteiger partial charge on any atom is 0.317 e. The van der Waals surface area contributed by atoms with Crippen LogP contribution in [0.1, 0.15) is 64.0 Å². The molecule has 1 aromatic heterocycles. The molecule has 0 bridgehead atoms. The predicted molar refractivity (Wildman–Crippen MR) is 124 cm³/mol. The molecule has 1 aromatic carbocycles. The lowest BCUT2D eigenvalue weighted by molar-refractivity contribution is 0.0979. The van der Waals surface area contributed by atoms with Gasteiger partial charge in [0.2, 0.25) is 0 Å². The van der Waals surface area contributed by atoms with E-state index < -0.39 is 0 Å². The van der Waals surface area contributed by atoms with E-state index in [-0.39, 0.29) is 12.1 Å². The summed E-state index contributed by atoms with van der Waals surface area (Å²) in [5.74, 6) is 0.487. The Balaban J connectivity index is 1.66. The van der Waals surface area contributed by atoms with Gasteiger partial charge >= 0.3 is 6.03 Å². The van der Waals surface area contributed by atoms with Crippen LogP contribution in [0.4, 0.5) is 4.79 Å². The molecule has 164 valence electrons. The van der Waals surface area contributed by atoms with Crippen LogP contribution < -0.4 is 5.32 Å². The van der Waals surface area contributed by atoms with E-state index in [0.29, 0.717) is 12.0 Å². The number of rotatable bonds is 7. The molecule has 0 saturated carbocycles. The summed E-state index contributed by atoms with van der Waals surface area (Å²) in [5, 5.41) is 4.85. The molecule has 1 saturated heterocycles. The Morgan fingerprint density at radius 1 is 1.13 bits per heavy atom. The van der Waals surface area contributed by atoms with Crippen molar-refractivity contribution < 1.29 is 4.79 Å². The van der Waals surface area contributed by atoms with Crippen molar-refractivity contribution in [1.29, 1.82) is 0 Å². The van der Waals surface area contributed by atoms with E-state index in [0.717, 1.165) is 58.4 Å². The number of benzene rings is 1. The van der Waals surface area contributed by atoms with Crippen molar-refractivity contribution in [3.63, 3.8) is 0 Å². The molecule has 3 atom stereocenters. The number of amides is 2. The molecule has 5 nitrogen and oxygen atoms in total. The number of likely N-dealkylation sites (tertiary alicyclic amines) is 1. The monoisotopic (exact) mass is 410 g/mol. The molecule has 2 aliphatic rings. The Morgan fingerprint density at radius 3 is 2.60 bits per heavy atom. The summed E-state index contributed by atoms with van der Waals surface area (Å²) in [7, 11) is 0. The van der Waals surface area contributed by atoms with Crippen LogP contribution in [0.15, 0.2) is 24.4 Å². The zero-order valence-corrected chi connectivity index (χ0v) is 19.2. The van der Waals surface area contributed by atoms with Crippen LogP contribution in [-0.4, -0.2) is 58.7 Å². The Hall–Kier alpha value is -2.01. The van der Waals surface area contributed by atoms with Gasteiger partial charge in [-0.2, -0.15) is 0 Å². The largest absolute Gasteiger partial charge is 0.347 e. The molecule has 2 heterocycles. The van der Waals surface area contributed by atoms with Gasteiger partial charge in [0.05, 0.1) is 0 Å². The molecule has 5 heteroatoms. The summed E-state index contributed by atoms with van der Waals surface area (Å²) < 4.78 is 2.45. The average molecular weight is 411 g/mol. The van der Waals surface area contributed by atoms with Crippen molar-refractivity contribution in [3.8, 4) is 0 Å². The van der Waals surface area contributed by atoms with Crippen LogP contribution in [0.3, 0.4) is 0 Å². The highest BCUT2D eigenvalue weighted by Gasteiger charge is 2.41. The fourth-order valence-corrected chi connectivity index (χ4v) is 5.83. The number of urea groups is 1. The third-order valence-electron chi connectivity index (χ3n) is 7.13. The van der Waals surface area contributed by atoms with Crippen molar-refractivity contribution in [3.05, 3.63) is 35.5 Å². The first-order valence-electron chi connectivity index (χ1n) is 12.0. The van der Waals surface area contributed by atoms with Crippen LogP contribution in [-0.2, 0) is 13.0 Å². The number of hydrogen-bond donors (Lipinski definition) is 1. The molecular formula is C25H38N4O. The van der Waals surface area contributed by atoms with Crippen LogP contribution in [0.2, 0.25) is 0 Å². The standard InChI is InChI=1S/C25H38N4O/c1-5-12-28-16-18-14-23-21(20-10-9-11-22(28)24(18)20)15-19(17-29(23)13-6-2)26-25(30)27(7-3)8-4/h9-11,16,19,21,23H,5-8,12-15,17H2,1-4H3,(H,26,30)/t19-,21?,23+/m0/s1. The third kappa shape index (κ3) is 3.73. The number of nitrogens with one attached hydrogen (secondary N) is 1. The maximum absolute atomic E-state index is 12.8. The lowest BCUT2D eigenvalue weighted by atomic mass is 9.74. The number of piperidine rings is 1. The lowest BCUT2D eigenvalue weighted by Gasteiger charge is -2.47. The fraction of sp³-hybridized carbons (Fsp3) is 0.640. The summed E-state index contributed by atoms with van der Waals surface area (Å²) >= 11 is 0. The normalized spacial score (nSPS) is 23.4. The third-order valence-corrected chi connectivity index (χ3v) is 7.13. The van der Waals surface area contributed by atoms with Gasteiger partial charge in [0, 0.05) is 61.3 Å². The maximum atomic E-state index is 12.8. The Labute approximate surface area is 181 Å². The van der Waals surface area contributed by atoms with Gasteiger partial charge in [-0.15, -0.1) is 0 Å². The van der Waals surface area contributed by atoms with E-state index in [1.54, 1.807) is 0 Å².